The molecule has 0 saturated carbocycles. The molecule has 0 aromatic heterocycles. The fourth-order valence-corrected chi connectivity index (χ4v) is 3.18. The molecule has 6 heteroatoms. The summed E-state index contributed by atoms with van der Waals surface area (Å²) in [6, 6.07) is 16.6. The highest BCUT2D eigenvalue weighted by molar-refractivity contribution is 5.96. The maximum atomic E-state index is 12.1. The molecule has 2 N–H and O–H groups in total. The normalized spacial score (nSPS) is 15.3. The zero-order valence-electron chi connectivity index (χ0n) is 14.9. The minimum Gasteiger partial charge on any atom is -0.454 e. The van der Waals surface area contributed by atoms with Crippen molar-refractivity contribution < 1.29 is 19.1 Å². The van der Waals surface area contributed by atoms with E-state index in [1.807, 2.05) is 18.2 Å². The summed E-state index contributed by atoms with van der Waals surface area (Å²) >= 11 is 0. The Morgan fingerprint density at radius 3 is 2.56 bits per heavy atom. The van der Waals surface area contributed by atoms with Crippen LogP contribution in [0.5, 0.6) is 0 Å². The zero-order valence-corrected chi connectivity index (χ0v) is 14.9. The molecule has 6 nitrogen and oxygen atoms in total. The van der Waals surface area contributed by atoms with Gasteiger partial charge in [-0.3, -0.25) is 14.4 Å². The molecule has 0 unspecified atom stereocenters. The number of aryl methyl sites for hydroxylation is 1. The van der Waals surface area contributed by atoms with E-state index in [1.165, 1.54) is 5.56 Å². The Morgan fingerprint density at radius 1 is 1.00 bits per heavy atom. The molecule has 2 aromatic rings. The molecule has 2 amide bonds. The molecule has 1 aliphatic carbocycles. The van der Waals surface area contributed by atoms with Gasteiger partial charge in [0.1, 0.15) is 6.54 Å². The lowest BCUT2D eigenvalue weighted by Crippen LogP contribution is -2.36. The predicted octanol–water partition coefficient (Wildman–Crippen LogP) is 2.15. The van der Waals surface area contributed by atoms with Crippen LogP contribution in [0.15, 0.2) is 54.6 Å². The van der Waals surface area contributed by atoms with Gasteiger partial charge in [-0.05, 0) is 42.5 Å². The van der Waals surface area contributed by atoms with Crippen LogP contribution >= 0.6 is 0 Å². The summed E-state index contributed by atoms with van der Waals surface area (Å²) in [6.07, 6.45) is 2.88. The van der Waals surface area contributed by atoms with Crippen molar-refractivity contribution in [1.29, 1.82) is 0 Å². The van der Waals surface area contributed by atoms with Crippen LogP contribution in [-0.2, 0) is 20.7 Å². The number of benzene rings is 2. The van der Waals surface area contributed by atoms with Crippen molar-refractivity contribution in [3.8, 4) is 0 Å². The fraction of sp³-hybridized carbons (Fsp3) is 0.286. The first-order chi connectivity index (χ1) is 13.1. The lowest BCUT2D eigenvalue weighted by molar-refractivity contribution is -0.147. The van der Waals surface area contributed by atoms with E-state index in [1.54, 1.807) is 30.3 Å². The van der Waals surface area contributed by atoms with E-state index >= 15 is 0 Å². The quantitative estimate of drug-likeness (QED) is 0.768. The molecule has 140 valence electrons. The molecule has 2 aromatic carbocycles. The first-order valence-electron chi connectivity index (χ1n) is 8.99. The second kappa shape index (κ2) is 8.98. The van der Waals surface area contributed by atoms with Gasteiger partial charge in [-0.15, -0.1) is 0 Å². The van der Waals surface area contributed by atoms with Crippen molar-refractivity contribution in [1.82, 2.24) is 10.6 Å². The van der Waals surface area contributed by atoms with Crippen molar-refractivity contribution >= 4 is 17.8 Å². The zero-order chi connectivity index (χ0) is 19.1. The second-order valence-electron chi connectivity index (χ2n) is 6.42. The molecule has 3 rings (SSSR count). The third-order valence-electron chi connectivity index (χ3n) is 4.50. The van der Waals surface area contributed by atoms with E-state index in [-0.39, 0.29) is 31.0 Å². The van der Waals surface area contributed by atoms with E-state index in [0.29, 0.717) is 5.56 Å². The van der Waals surface area contributed by atoms with E-state index in [2.05, 4.69) is 16.7 Å². The van der Waals surface area contributed by atoms with Crippen LogP contribution in [0.4, 0.5) is 0 Å². The summed E-state index contributed by atoms with van der Waals surface area (Å²) in [6.45, 7) is -0.647. The van der Waals surface area contributed by atoms with Crippen LogP contribution < -0.4 is 10.6 Å². The van der Waals surface area contributed by atoms with E-state index < -0.39 is 5.97 Å². The van der Waals surface area contributed by atoms with Crippen molar-refractivity contribution in [2.45, 2.75) is 25.3 Å². The number of nitrogens with one attached hydrogen (secondary N) is 2. The highest BCUT2D eigenvalue weighted by Gasteiger charge is 2.21. The number of hydrogen-bond acceptors (Lipinski definition) is 4. The molecule has 0 bridgehead atoms. The molecule has 0 radical (unpaired) electrons. The van der Waals surface area contributed by atoms with Crippen LogP contribution in [0.3, 0.4) is 0 Å². The van der Waals surface area contributed by atoms with Gasteiger partial charge in [0.05, 0.1) is 6.04 Å². The summed E-state index contributed by atoms with van der Waals surface area (Å²) in [5.41, 5.74) is 2.83. The van der Waals surface area contributed by atoms with Crippen molar-refractivity contribution in [3.05, 3.63) is 71.3 Å². The van der Waals surface area contributed by atoms with Gasteiger partial charge in [0.15, 0.2) is 6.61 Å². The number of ether oxygens (including phenoxy) is 1. The SMILES string of the molecule is O=C(COC(=O)CNC(=O)c1ccccc1)N[C@H]1CCCc2ccccc21. The summed E-state index contributed by atoms with van der Waals surface area (Å²) in [7, 11) is 0. The Hall–Kier alpha value is -3.15. The number of carbonyl (C=O) groups is 3. The average Bonchev–Trinajstić information content (AvgIpc) is 2.71. The maximum Gasteiger partial charge on any atom is 0.325 e. The van der Waals surface area contributed by atoms with Gasteiger partial charge in [0.25, 0.3) is 11.8 Å². The summed E-state index contributed by atoms with van der Waals surface area (Å²) < 4.78 is 4.95. The van der Waals surface area contributed by atoms with Crippen LogP contribution in [0.1, 0.15) is 40.4 Å². The monoisotopic (exact) mass is 366 g/mol. The minimum absolute atomic E-state index is 0.0565. The summed E-state index contributed by atoms with van der Waals surface area (Å²) in [4.78, 5) is 35.7. The Morgan fingerprint density at radius 2 is 1.74 bits per heavy atom. The van der Waals surface area contributed by atoms with Crippen LogP contribution in [-0.4, -0.2) is 30.9 Å². The van der Waals surface area contributed by atoms with Crippen LogP contribution in [0.2, 0.25) is 0 Å². The summed E-state index contributed by atoms with van der Waals surface area (Å²) in [5.74, 6) is -1.37. The number of carbonyl (C=O) groups excluding carboxylic acids is 3. The molecule has 27 heavy (non-hydrogen) atoms. The highest BCUT2D eigenvalue weighted by Crippen LogP contribution is 2.29. The molecule has 0 aliphatic heterocycles. The van der Waals surface area contributed by atoms with Crippen LogP contribution in [0, 0.1) is 0 Å². The smallest absolute Gasteiger partial charge is 0.325 e. The minimum atomic E-state index is -0.654. The Bertz CT molecular complexity index is 820. The first-order valence-corrected chi connectivity index (χ1v) is 8.99. The second-order valence-corrected chi connectivity index (χ2v) is 6.42. The van der Waals surface area contributed by atoms with Crippen LogP contribution in [0.25, 0.3) is 0 Å². The molecule has 1 aliphatic rings. The Balaban J connectivity index is 1.42. The third kappa shape index (κ3) is 5.17. The number of hydrogen-bond donors (Lipinski definition) is 2. The molecule has 1 atom stereocenters. The van der Waals surface area contributed by atoms with Gasteiger partial charge >= 0.3 is 5.97 Å². The fourth-order valence-electron chi connectivity index (χ4n) is 3.18. The third-order valence-corrected chi connectivity index (χ3v) is 4.50. The number of esters is 1. The largest absolute Gasteiger partial charge is 0.454 e. The number of amides is 2. The predicted molar refractivity (Wildman–Crippen MR) is 100.0 cm³/mol. The average molecular weight is 366 g/mol. The van der Waals surface area contributed by atoms with Crippen molar-refractivity contribution in [2.24, 2.45) is 0 Å². The Kier molecular flexibility index (Phi) is 6.20. The van der Waals surface area contributed by atoms with E-state index in [0.717, 1.165) is 24.8 Å². The van der Waals surface area contributed by atoms with Gasteiger partial charge < -0.3 is 15.4 Å². The topological polar surface area (TPSA) is 84.5 Å². The van der Waals surface area contributed by atoms with Gasteiger partial charge in [0.2, 0.25) is 0 Å². The van der Waals surface area contributed by atoms with Gasteiger partial charge in [-0.1, -0.05) is 42.5 Å². The molecule has 0 heterocycles. The molecule has 0 saturated heterocycles. The van der Waals surface area contributed by atoms with Crippen molar-refractivity contribution in [2.75, 3.05) is 13.2 Å². The number of rotatable bonds is 6. The molecular formula is C21H22N2O4. The lowest BCUT2D eigenvalue weighted by Gasteiger charge is -2.26. The van der Waals surface area contributed by atoms with Crippen molar-refractivity contribution in [3.63, 3.8) is 0 Å². The number of fused-ring (bicyclic) bond motifs is 1. The van der Waals surface area contributed by atoms with Gasteiger partial charge in [-0.25, -0.2) is 0 Å². The molecular weight excluding hydrogens is 344 g/mol. The molecule has 0 spiro atoms. The summed E-state index contributed by atoms with van der Waals surface area (Å²) in [5, 5.41) is 5.39. The highest BCUT2D eigenvalue weighted by atomic mass is 16.5. The lowest BCUT2D eigenvalue weighted by atomic mass is 9.88. The maximum absolute atomic E-state index is 12.1. The Labute approximate surface area is 157 Å². The van der Waals surface area contributed by atoms with Gasteiger partial charge in [-0.2, -0.15) is 0 Å². The standard InChI is InChI=1S/C21H22N2O4/c24-19(23-18-12-6-10-15-7-4-5-11-17(15)18)14-27-20(25)13-22-21(26)16-8-2-1-3-9-16/h1-5,7-9,11,18H,6,10,12-14H2,(H,22,26)(H,23,24)/t18-/m0/s1. The van der Waals surface area contributed by atoms with Gasteiger partial charge in [0, 0.05) is 5.56 Å². The van der Waals surface area contributed by atoms with E-state index in [9.17, 15) is 14.4 Å². The first kappa shape index (κ1) is 18.6. The van der Waals surface area contributed by atoms with E-state index in [4.69, 9.17) is 4.74 Å². The molecule has 0 fully saturated rings.